The second-order valence-corrected chi connectivity index (χ2v) is 6.90. The monoisotopic (exact) mass is 359 g/mol. The van der Waals surface area contributed by atoms with Gasteiger partial charge >= 0.3 is 5.92 Å². The molecule has 1 aromatic rings. The highest BCUT2D eigenvalue weighted by Crippen LogP contribution is 2.38. The van der Waals surface area contributed by atoms with Crippen molar-refractivity contribution in [1.29, 1.82) is 0 Å². The van der Waals surface area contributed by atoms with Crippen LogP contribution >= 0.6 is 0 Å². The predicted molar refractivity (Wildman–Crippen MR) is 82.0 cm³/mol. The summed E-state index contributed by atoms with van der Waals surface area (Å²) in [5, 5.41) is 16.2. The zero-order valence-corrected chi connectivity index (χ0v) is 14.1. The maximum Gasteiger partial charge on any atom is 0.327 e. The maximum atomic E-state index is 14.3. The quantitative estimate of drug-likeness (QED) is 0.825. The number of hydrogen-bond acceptors (Lipinski definition) is 6. The van der Waals surface area contributed by atoms with Crippen LogP contribution in [0.3, 0.4) is 0 Å². The molecule has 2 aliphatic rings. The summed E-state index contributed by atoms with van der Waals surface area (Å²) in [5.74, 6) is -5.17. The zero-order chi connectivity index (χ0) is 18.0. The molecule has 9 heteroatoms. The molecule has 3 atom stereocenters. The fourth-order valence-corrected chi connectivity index (χ4v) is 3.59. The summed E-state index contributed by atoms with van der Waals surface area (Å²) in [6.45, 7) is 2.21. The molecule has 1 amide bonds. The number of halogens is 2. The Kier molecular flexibility index (Phi) is 5.33. The number of hydrogen-bond donors (Lipinski definition) is 2. The van der Waals surface area contributed by atoms with Crippen LogP contribution in [0.25, 0.3) is 0 Å². The van der Waals surface area contributed by atoms with E-state index in [1.165, 1.54) is 0 Å². The summed E-state index contributed by atoms with van der Waals surface area (Å²) in [7, 11) is 0. The molecule has 140 valence electrons. The molecule has 0 bridgehead atoms. The number of aryl methyl sites for hydroxylation is 1. The van der Waals surface area contributed by atoms with Crippen LogP contribution in [0.4, 0.5) is 8.78 Å². The number of alkyl halides is 2. The summed E-state index contributed by atoms with van der Waals surface area (Å²) >= 11 is 0. The second kappa shape index (κ2) is 7.33. The van der Waals surface area contributed by atoms with E-state index in [1.54, 1.807) is 6.92 Å². The van der Waals surface area contributed by atoms with Crippen molar-refractivity contribution in [2.24, 2.45) is 11.8 Å². The van der Waals surface area contributed by atoms with Gasteiger partial charge in [-0.05, 0) is 32.6 Å². The van der Waals surface area contributed by atoms with E-state index in [1.807, 2.05) is 0 Å². The summed E-state index contributed by atoms with van der Waals surface area (Å²) in [5.41, 5.74) is 0. The first kappa shape index (κ1) is 18.2. The molecule has 1 aromatic heterocycles. The molecule has 2 heterocycles. The topological polar surface area (TPSA) is 97.5 Å². The van der Waals surface area contributed by atoms with Crippen LogP contribution in [0.2, 0.25) is 0 Å². The third kappa shape index (κ3) is 3.98. The third-order valence-corrected chi connectivity index (χ3v) is 5.11. The van der Waals surface area contributed by atoms with Gasteiger partial charge in [0.15, 0.2) is 5.82 Å². The van der Waals surface area contributed by atoms with E-state index >= 15 is 0 Å². The normalized spacial score (nSPS) is 28.2. The lowest BCUT2D eigenvalue weighted by Gasteiger charge is -2.29. The second-order valence-electron chi connectivity index (χ2n) is 6.90. The van der Waals surface area contributed by atoms with E-state index in [9.17, 15) is 18.7 Å². The van der Waals surface area contributed by atoms with Crippen molar-refractivity contribution in [3.8, 4) is 0 Å². The van der Waals surface area contributed by atoms with Gasteiger partial charge in [0, 0.05) is 37.5 Å². The molecular formula is C16H23F2N3O4. The van der Waals surface area contributed by atoms with Gasteiger partial charge in [-0.25, -0.2) is 0 Å². The molecule has 2 fully saturated rings. The summed E-state index contributed by atoms with van der Waals surface area (Å²) in [6.07, 6.45) is 0.565. The highest BCUT2D eigenvalue weighted by Gasteiger charge is 2.47. The Balaban J connectivity index is 1.53. The lowest BCUT2D eigenvalue weighted by molar-refractivity contribution is -0.159. The number of carbonyl (C=O) groups is 1. The first-order valence-corrected chi connectivity index (χ1v) is 8.60. The number of carbonyl (C=O) groups excluding carboxylic acids is 1. The highest BCUT2D eigenvalue weighted by molar-refractivity contribution is 5.83. The van der Waals surface area contributed by atoms with Crippen LogP contribution in [0.1, 0.15) is 43.3 Å². The number of nitrogens with zero attached hydrogens (tertiary/aromatic N) is 2. The molecule has 25 heavy (non-hydrogen) atoms. The molecule has 3 rings (SSSR count). The first-order chi connectivity index (χ1) is 11.9. The summed E-state index contributed by atoms with van der Waals surface area (Å²) in [4.78, 5) is 16.1. The fraction of sp³-hybridized carbons (Fsp3) is 0.812. The smallest absolute Gasteiger partial charge is 0.327 e. The van der Waals surface area contributed by atoms with E-state index in [4.69, 9.17) is 9.26 Å². The van der Waals surface area contributed by atoms with Crippen LogP contribution in [-0.2, 0) is 9.53 Å². The Hall–Kier alpha value is -1.61. The largest absolute Gasteiger partial charge is 0.393 e. The van der Waals surface area contributed by atoms with Crippen LogP contribution in [-0.4, -0.2) is 52.9 Å². The van der Waals surface area contributed by atoms with Crippen molar-refractivity contribution in [3.05, 3.63) is 11.7 Å². The van der Waals surface area contributed by atoms with E-state index in [-0.39, 0.29) is 44.4 Å². The standard InChI is InChI=1S/C16H23F2N3O4/c1-9-20-14(25-21-9)10-6-11(13(22)7-10)8-19-15(23)16(17,18)12-2-4-24-5-3-12/h10-13,22H,2-8H2,1H3,(H,19,23)/t10-,11+,13+/m0/s1. The number of nitrogens with one attached hydrogen (secondary N) is 1. The molecule has 0 spiro atoms. The molecule has 1 aliphatic heterocycles. The Morgan fingerprint density at radius 1 is 1.36 bits per heavy atom. The van der Waals surface area contributed by atoms with Crippen molar-refractivity contribution in [3.63, 3.8) is 0 Å². The van der Waals surface area contributed by atoms with Crippen molar-refractivity contribution >= 4 is 5.91 Å². The van der Waals surface area contributed by atoms with Gasteiger partial charge in [-0.15, -0.1) is 0 Å². The Bertz CT molecular complexity index is 604. The van der Waals surface area contributed by atoms with Gasteiger partial charge in [0.25, 0.3) is 5.91 Å². The van der Waals surface area contributed by atoms with E-state index in [0.29, 0.717) is 24.6 Å². The van der Waals surface area contributed by atoms with Crippen LogP contribution in [0.15, 0.2) is 4.52 Å². The van der Waals surface area contributed by atoms with Gasteiger partial charge in [-0.1, -0.05) is 5.16 Å². The van der Waals surface area contributed by atoms with Crippen molar-refractivity contribution in [2.75, 3.05) is 19.8 Å². The van der Waals surface area contributed by atoms with Gasteiger partial charge in [0.05, 0.1) is 6.10 Å². The van der Waals surface area contributed by atoms with Gasteiger partial charge < -0.3 is 19.7 Å². The van der Waals surface area contributed by atoms with E-state index < -0.39 is 23.9 Å². The maximum absolute atomic E-state index is 14.3. The molecular weight excluding hydrogens is 336 g/mol. The van der Waals surface area contributed by atoms with E-state index in [0.717, 1.165) is 0 Å². The van der Waals surface area contributed by atoms with Gasteiger partial charge in [0.2, 0.25) is 5.89 Å². The predicted octanol–water partition coefficient (Wildman–Crippen LogP) is 1.41. The minimum Gasteiger partial charge on any atom is -0.393 e. The summed E-state index contributed by atoms with van der Waals surface area (Å²) < 4.78 is 38.7. The lowest BCUT2D eigenvalue weighted by Crippen LogP contribution is -2.48. The van der Waals surface area contributed by atoms with Crippen molar-refractivity contribution in [1.82, 2.24) is 15.5 Å². The number of ether oxygens (including phenoxy) is 1. The average molecular weight is 359 g/mol. The molecule has 0 unspecified atom stereocenters. The number of amides is 1. The minimum absolute atomic E-state index is 0.00241. The number of aromatic nitrogens is 2. The number of aliphatic hydroxyl groups excluding tert-OH is 1. The minimum atomic E-state index is -3.42. The highest BCUT2D eigenvalue weighted by atomic mass is 19.3. The summed E-state index contributed by atoms with van der Waals surface area (Å²) in [6, 6.07) is 0. The van der Waals surface area contributed by atoms with Crippen LogP contribution in [0.5, 0.6) is 0 Å². The molecule has 1 aliphatic carbocycles. The first-order valence-electron chi connectivity index (χ1n) is 8.60. The molecule has 0 radical (unpaired) electrons. The van der Waals surface area contributed by atoms with Crippen LogP contribution < -0.4 is 5.32 Å². The number of rotatable bonds is 5. The Labute approximate surface area is 144 Å². The van der Waals surface area contributed by atoms with Gasteiger partial charge in [-0.2, -0.15) is 13.8 Å². The third-order valence-electron chi connectivity index (χ3n) is 5.11. The molecule has 7 nitrogen and oxygen atoms in total. The number of aliphatic hydroxyl groups is 1. The molecule has 1 saturated carbocycles. The van der Waals surface area contributed by atoms with Gasteiger partial charge in [0.1, 0.15) is 0 Å². The molecule has 0 aromatic carbocycles. The zero-order valence-electron chi connectivity index (χ0n) is 14.1. The fourth-order valence-electron chi connectivity index (χ4n) is 3.59. The Morgan fingerprint density at radius 3 is 2.72 bits per heavy atom. The molecule has 2 N–H and O–H groups in total. The van der Waals surface area contributed by atoms with Gasteiger partial charge in [-0.3, -0.25) is 4.79 Å². The van der Waals surface area contributed by atoms with Crippen LogP contribution in [0, 0.1) is 18.8 Å². The van der Waals surface area contributed by atoms with Crippen molar-refractivity contribution in [2.45, 2.75) is 50.6 Å². The average Bonchev–Trinajstić information content (AvgIpc) is 3.19. The van der Waals surface area contributed by atoms with E-state index in [2.05, 4.69) is 15.5 Å². The lowest BCUT2D eigenvalue weighted by atomic mass is 9.92. The molecule has 1 saturated heterocycles. The van der Waals surface area contributed by atoms with Crippen molar-refractivity contribution < 1.29 is 27.9 Å². The SMILES string of the molecule is Cc1noc([C@H]2C[C@H](CNC(=O)C(F)(F)C3CCOCC3)[C@H](O)C2)n1. The Morgan fingerprint density at radius 2 is 2.08 bits per heavy atom.